The van der Waals surface area contributed by atoms with E-state index < -0.39 is 0 Å². The molecule has 0 aromatic carbocycles. The van der Waals surface area contributed by atoms with E-state index in [0.29, 0.717) is 0 Å². The highest BCUT2D eigenvalue weighted by Crippen LogP contribution is 2.30. The third-order valence-electron chi connectivity index (χ3n) is 3.56. The first-order valence-electron chi connectivity index (χ1n) is 4.70. The van der Waals surface area contributed by atoms with Gasteiger partial charge in [0.25, 0.3) is 0 Å². The van der Waals surface area contributed by atoms with Crippen molar-refractivity contribution in [1.82, 2.24) is 10.2 Å². The Kier molecular flexibility index (Phi) is 1.90. The number of nitrogens with one attached hydrogen (secondary N) is 1. The van der Waals surface area contributed by atoms with E-state index in [1.165, 1.54) is 26.1 Å². The highest BCUT2D eigenvalue weighted by molar-refractivity contribution is 4.91. The van der Waals surface area contributed by atoms with Crippen molar-refractivity contribution in [2.75, 3.05) is 26.7 Å². The molecule has 2 saturated heterocycles. The van der Waals surface area contributed by atoms with Crippen LogP contribution in [-0.4, -0.2) is 37.6 Å². The molecule has 1 N–H and O–H groups in total. The summed E-state index contributed by atoms with van der Waals surface area (Å²) in [6.07, 6.45) is 1.40. The standard InChI is InChI=1S/C9H18N2/c1-7-9-6-10-5-8(9)3-4-11(7)2/h7-10H,3-6H2,1-2H3. The molecular weight excluding hydrogens is 136 g/mol. The van der Waals surface area contributed by atoms with Crippen molar-refractivity contribution in [2.45, 2.75) is 19.4 Å². The third-order valence-corrected chi connectivity index (χ3v) is 3.56. The molecule has 0 bridgehead atoms. The van der Waals surface area contributed by atoms with Gasteiger partial charge in [0.15, 0.2) is 0 Å². The molecule has 2 heterocycles. The highest BCUT2D eigenvalue weighted by atomic mass is 15.2. The molecule has 3 unspecified atom stereocenters. The average molecular weight is 154 g/mol. The van der Waals surface area contributed by atoms with E-state index in [2.05, 4.69) is 24.2 Å². The molecule has 2 aliphatic heterocycles. The Bertz CT molecular complexity index is 146. The Labute approximate surface area is 69.0 Å². The van der Waals surface area contributed by atoms with Crippen molar-refractivity contribution in [1.29, 1.82) is 0 Å². The van der Waals surface area contributed by atoms with E-state index in [9.17, 15) is 0 Å². The Morgan fingerprint density at radius 3 is 3.00 bits per heavy atom. The van der Waals surface area contributed by atoms with Crippen LogP contribution in [0.15, 0.2) is 0 Å². The fourth-order valence-corrected chi connectivity index (χ4v) is 2.53. The molecule has 2 rings (SSSR count). The van der Waals surface area contributed by atoms with Gasteiger partial charge >= 0.3 is 0 Å². The molecule has 0 aromatic rings. The van der Waals surface area contributed by atoms with E-state index in [4.69, 9.17) is 0 Å². The highest BCUT2D eigenvalue weighted by Gasteiger charge is 2.36. The smallest absolute Gasteiger partial charge is 0.0107 e. The molecule has 0 spiro atoms. The van der Waals surface area contributed by atoms with Crippen LogP contribution >= 0.6 is 0 Å². The molecule has 0 aromatic heterocycles. The van der Waals surface area contributed by atoms with E-state index in [-0.39, 0.29) is 0 Å². The van der Waals surface area contributed by atoms with Crippen LogP contribution in [0.2, 0.25) is 0 Å². The molecule has 11 heavy (non-hydrogen) atoms. The normalized spacial score (nSPS) is 45.8. The number of fused-ring (bicyclic) bond motifs is 1. The summed E-state index contributed by atoms with van der Waals surface area (Å²) >= 11 is 0. The van der Waals surface area contributed by atoms with Crippen molar-refractivity contribution in [3.8, 4) is 0 Å². The lowest BCUT2D eigenvalue weighted by molar-refractivity contribution is 0.110. The van der Waals surface area contributed by atoms with E-state index >= 15 is 0 Å². The second-order valence-corrected chi connectivity index (χ2v) is 4.09. The number of nitrogens with zero attached hydrogens (tertiary/aromatic N) is 1. The predicted octanol–water partition coefficient (Wildman–Crippen LogP) is 0.546. The van der Waals surface area contributed by atoms with E-state index in [1.54, 1.807) is 0 Å². The van der Waals surface area contributed by atoms with Gasteiger partial charge in [-0.1, -0.05) is 0 Å². The number of piperidine rings is 1. The van der Waals surface area contributed by atoms with Gasteiger partial charge in [-0.15, -0.1) is 0 Å². The number of rotatable bonds is 0. The molecule has 64 valence electrons. The minimum Gasteiger partial charge on any atom is -0.316 e. The van der Waals surface area contributed by atoms with Crippen molar-refractivity contribution in [3.05, 3.63) is 0 Å². The van der Waals surface area contributed by atoms with Gasteiger partial charge in [-0.25, -0.2) is 0 Å². The number of hydrogen-bond acceptors (Lipinski definition) is 2. The summed E-state index contributed by atoms with van der Waals surface area (Å²) in [6, 6.07) is 0.795. The SMILES string of the molecule is CC1C2CNCC2CCN1C. The summed E-state index contributed by atoms with van der Waals surface area (Å²) in [5.41, 5.74) is 0. The first kappa shape index (κ1) is 7.56. The van der Waals surface area contributed by atoms with Gasteiger partial charge in [0.2, 0.25) is 0 Å². The number of likely N-dealkylation sites (tertiary alicyclic amines) is 1. The third kappa shape index (κ3) is 1.18. The van der Waals surface area contributed by atoms with E-state index in [0.717, 1.165) is 17.9 Å². The molecule has 3 atom stereocenters. The van der Waals surface area contributed by atoms with Gasteiger partial charge in [-0.3, -0.25) is 0 Å². The zero-order chi connectivity index (χ0) is 7.84. The van der Waals surface area contributed by atoms with Gasteiger partial charge in [0, 0.05) is 6.04 Å². The first-order chi connectivity index (χ1) is 5.29. The summed E-state index contributed by atoms with van der Waals surface area (Å²) in [6.45, 7) is 6.17. The molecule has 0 amide bonds. The lowest BCUT2D eigenvalue weighted by atomic mass is 9.83. The first-order valence-corrected chi connectivity index (χ1v) is 4.70. The maximum Gasteiger partial charge on any atom is 0.0107 e. The van der Waals surface area contributed by atoms with Crippen molar-refractivity contribution in [2.24, 2.45) is 11.8 Å². The maximum atomic E-state index is 3.49. The Morgan fingerprint density at radius 1 is 1.36 bits per heavy atom. The number of hydrogen-bond donors (Lipinski definition) is 1. The zero-order valence-corrected chi connectivity index (χ0v) is 7.51. The molecule has 0 radical (unpaired) electrons. The van der Waals surface area contributed by atoms with Crippen LogP contribution in [0.5, 0.6) is 0 Å². The summed E-state index contributed by atoms with van der Waals surface area (Å²) in [4.78, 5) is 2.49. The molecule has 2 fully saturated rings. The van der Waals surface area contributed by atoms with Crippen LogP contribution in [-0.2, 0) is 0 Å². The Morgan fingerprint density at radius 2 is 2.18 bits per heavy atom. The molecule has 2 nitrogen and oxygen atoms in total. The van der Waals surface area contributed by atoms with Gasteiger partial charge in [0.1, 0.15) is 0 Å². The predicted molar refractivity (Wildman–Crippen MR) is 46.6 cm³/mol. The maximum absolute atomic E-state index is 3.49. The zero-order valence-electron chi connectivity index (χ0n) is 7.51. The molecule has 0 aliphatic carbocycles. The van der Waals surface area contributed by atoms with Gasteiger partial charge < -0.3 is 10.2 Å². The summed E-state index contributed by atoms with van der Waals surface area (Å²) in [7, 11) is 2.25. The molecule has 0 saturated carbocycles. The minimum atomic E-state index is 0.795. The lowest BCUT2D eigenvalue weighted by Crippen LogP contribution is -2.44. The van der Waals surface area contributed by atoms with Crippen LogP contribution in [0.25, 0.3) is 0 Å². The van der Waals surface area contributed by atoms with Crippen LogP contribution in [0, 0.1) is 11.8 Å². The van der Waals surface area contributed by atoms with Crippen molar-refractivity contribution < 1.29 is 0 Å². The fourth-order valence-electron chi connectivity index (χ4n) is 2.53. The van der Waals surface area contributed by atoms with Crippen LogP contribution < -0.4 is 5.32 Å². The monoisotopic (exact) mass is 154 g/mol. The summed E-state index contributed by atoms with van der Waals surface area (Å²) in [5.74, 6) is 1.90. The molecular formula is C9H18N2. The fraction of sp³-hybridized carbons (Fsp3) is 1.00. The van der Waals surface area contributed by atoms with Crippen LogP contribution in [0.4, 0.5) is 0 Å². The minimum absolute atomic E-state index is 0.795. The van der Waals surface area contributed by atoms with E-state index in [1.807, 2.05) is 0 Å². The second kappa shape index (κ2) is 2.76. The molecule has 2 heteroatoms. The Balaban J connectivity index is 2.06. The lowest BCUT2D eigenvalue weighted by Gasteiger charge is -2.38. The van der Waals surface area contributed by atoms with Crippen molar-refractivity contribution in [3.63, 3.8) is 0 Å². The quantitative estimate of drug-likeness (QED) is 0.548. The van der Waals surface area contributed by atoms with Gasteiger partial charge in [-0.2, -0.15) is 0 Å². The largest absolute Gasteiger partial charge is 0.316 e. The Hall–Kier alpha value is -0.0800. The summed E-state index contributed by atoms with van der Waals surface area (Å²) < 4.78 is 0. The van der Waals surface area contributed by atoms with Crippen molar-refractivity contribution >= 4 is 0 Å². The van der Waals surface area contributed by atoms with Crippen LogP contribution in [0.3, 0.4) is 0 Å². The summed E-state index contributed by atoms with van der Waals surface area (Å²) in [5, 5.41) is 3.49. The van der Waals surface area contributed by atoms with Gasteiger partial charge in [-0.05, 0) is 51.9 Å². The topological polar surface area (TPSA) is 15.3 Å². The second-order valence-electron chi connectivity index (χ2n) is 4.09. The molecule has 2 aliphatic rings. The van der Waals surface area contributed by atoms with Gasteiger partial charge in [0.05, 0.1) is 0 Å². The van der Waals surface area contributed by atoms with Crippen LogP contribution in [0.1, 0.15) is 13.3 Å². The average Bonchev–Trinajstić information content (AvgIpc) is 2.45.